The minimum atomic E-state index is -0.952. The molecule has 7 heteroatoms. The van der Waals surface area contributed by atoms with Gasteiger partial charge in [0.05, 0.1) is 11.6 Å². The van der Waals surface area contributed by atoms with E-state index in [0.717, 1.165) is 11.0 Å². The zero-order chi connectivity index (χ0) is 14.7. The first kappa shape index (κ1) is 14.9. The van der Waals surface area contributed by atoms with Gasteiger partial charge >= 0.3 is 0 Å². The fourth-order valence-corrected chi connectivity index (χ4v) is 1.47. The van der Waals surface area contributed by atoms with Crippen LogP contribution in [0, 0.1) is 18.6 Å². The second-order valence-electron chi connectivity index (χ2n) is 4.20. The molecule has 0 saturated carbocycles. The van der Waals surface area contributed by atoms with Crippen LogP contribution < -0.4 is 5.73 Å². The van der Waals surface area contributed by atoms with Crippen LogP contribution in [0.1, 0.15) is 22.8 Å². The number of oxime groups is 1. The summed E-state index contributed by atoms with van der Waals surface area (Å²) in [6, 6.07) is 1.06. The van der Waals surface area contributed by atoms with Gasteiger partial charge in [-0.25, -0.2) is 8.78 Å². The van der Waals surface area contributed by atoms with Crippen LogP contribution in [-0.4, -0.2) is 34.9 Å². The number of nitrogens with zero attached hydrogens (tertiary/aromatic N) is 2. The summed E-state index contributed by atoms with van der Waals surface area (Å²) in [5.74, 6) is -2.54. The lowest BCUT2D eigenvalue weighted by molar-refractivity contribution is 0.0771. The quantitative estimate of drug-likeness (QED) is 0.378. The highest BCUT2D eigenvalue weighted by atomic mass is 19.1. The number of likely N-dealkylation sites (N-methyl/N-ethyl adjacent to an activating group) is 1. The standard InChI is InChI=1S/C12H15F2N3O2/c1-6-4-8(10(14)5-9(6)13)12(18)17(3)7(2)11(15)16-19/h4-5,7,19H,1-3H3,(H2,15,16). The smallest absolute Gasteiger partial charge is 0.257 e. The molecule has 1 atom stereocenters. The highest BCUT2D eigenvalue weighted by molar-refractivity contribution is 5.98. The number of halogens is 2. The number of carbonyl (C=O) groups excluding carboxylic acids is 1. The van der Waals surface area contributed by atoms with E-state index in [2.05, 4.69) is 5.16 Å². The van der Waals surface area contributed by atoms with E-state index in [1.54, 1.807) is 0 Å². The van der Waals surface area contributed by atoms with Gasteiger partial charge in [0.1, 0.15) is 11.6 Å². The van der Waals surface area contributed by atoms with Crippen LogP contribution in [0.3, 0.4) is 0 Å². The van der Waals surface area contributed by atoms with Crippen molar-refractivity contribution in [3.63, 3.8) is 0 Å². The minimum absolute atomic E-state index is 0.162. The SMILES string of the molecule is Cc1cc(C(=O)N(C)C(C)/C(N)=N/O)c(F)cc1F. The Morgan fingerprint density at radius 1 is 1.42 bits per heavy atom. The molecule has 3 N–H and O–H groups in total. The Labute approximate surface area is 109 Å². The molecule has 1 aromatic rings. The second-order valence-corrected chi connectivity index (χ2v) is 4.20. The van der Waals surface area contributed by atoms with Crippen LogP contribution in [0.5, 0.6) is 0 Å². The largest absolute Gasteiger partial charge is 0.409 e. The van der Waals surface area contributed by atoms with Gasteiger partial charge in [0, 0.05) is 13.1 Å². The molecule has 104 valence electrons. The van der Waals surface area contributed by atoms with E-state index in [1.807, 2.05) is 0 Å². The van der Waals surface area contributed by atoms with E-state index in [0.29, 0.717) is 6.07 Å². The number of nitrogens with two attached hydrogens (primary N) is 1. The molecule has 1 amide bonds. The Balaban J connectivity index is 3.10. The molecule has 0 saturated heterocycles. The van der Waals surface area contributed by atoms with Crippen LogP contribution in [0.25, 0.3) is 0 Å². The van der Waals surface area contributed by atoms with Gasteiger partial charge in [-0.3, -0.25) is 4.79 Å². The molecule has 5 nitrogen and oxygen atoms in total. The molecule has 0 aliphatic carbocycles. The predicted octanol–water partition coefficient (Wildman–Crippen LogP) is 1.48. The Kier molecular flexibility index (Phi) is 4.42. The number of hydrogen-bond donors (Lipinski definition) is 2. The average molecular weight is 271 g/mol. The lowest BCUT2D eigenvalue weighted by atomic mass is 10.1. The second kappa shape index (κ2) is 5.64. The Hall–Kier alpha value is -2.18. The zero-order valence-electron chi connectivity index (χ0n) is 10.8. The monoisotopic (exact) mass is 271 g/mol. The molecular formula is C12H15F2N3O2. The van der Waals surface area contributed by atoms with Crippen molar-refractivity contribution in [2.45, 2.75) is 19.9 Å². The lowest BCUT2D eigenvalue weighted by Gasteiger charge is -2.24. The third-order valence-electron chi connectivity index (χ3n) is 2.92. The number of aryl methyl sites for hydroxylation is 1. The van der Waals surface area contributed by atoms with E-state index in [4.69, 9.17) is 10.9 Å². The van der Waals surface area contributed by atoms with Crippen molar-refractivity contribution in [3.8, 4) is 0 Å². The van der Waals surface area contributed by atoms with Gasteiger partial charge < -0.3 is 15.8 Å². The normalized spacial score (nSPS) is 13.2. The van der Waals surface area contributed by atoms with E-state index in [9.17, 15) is 13.6 Å². The van der Waals surface area contributed by atoms with Crippen LogP contribution in [0.2, 0.25) is 0 Å². The number of benzene rings is 1. The maximum atomic E-state index is 13.6. The van der Waals surface area contributed by atoms with E-state index in [1.165, 1.54) is 20.9 Å². The third kappa shape index (κ3) is 2.98. The van der Waals surface area contributed by atoms with Gasteiger partial charge in [-0.05, 0) is 25.5 Å². The highest BCUT2D eigenvalue weighted by Crippen LogP contribution is 2.16. The summed E-state index contributed by atoms with van der Waals surface area (Å²) in [7, 11) is 1.38. The minimum Gasteiger partial charge on any atom is -0.409 e. The number of carbonyl (C=O) groups is 1. The fourth-order valence-electron chi connectivity index (χ4n) is 1.47. The van der Waals surface area contributed by atoms with E-state index >= 15 is 0 Å². The molecule has 0 bridgehead atoms. The molecule has 1 aromatic carbocycles. The summed E-state index contributed by atoms with van der Waals surface area (Å²) in [5, 5.41) is 11.3. The first-order valence-corrected chi connectivity index (χ1v) is 5.49. The topological polar surface area (TPSA) is 78.9 Å². The molecule has 0 radical (unpaired) electrons. The van der Waals surface area contributed by atoms with Gasteiger partial charge in [0.2, 0.25) is 0 Å². The van der Waals surface area contributed by atoms with Gasteiger partial charge in [-0.1, -0.05) is 5.16 Å². The van der Waals surface area contributed by atoms with Gasteiger partial charge in [0.25, 0.3) is 5.91 Å². The van der Waals surface area contributed by atoms with Crippen molar-refractivity contribution in [2.75, 3.05) is 7.05 Å². The summed E-state index contributed by atoms with van der Waals surface area (Å²) in [6.45, 7) is 2.94. The first-order chi connectivity index (χ1) is 8.79. The lowest BCUT2D eigenvalue weighted by Crippen LogP contribution is -2.44. The molecule has 0 heterocycles. The van der Waals surface area contributed by atoms with Gasteiger partial charge in [0.15, 0.2) is 5.84 Å². The summed E-state index contributed by atoms with van der Waals surface area (Å²) >= 11 is 0. The van der Waals surface area contributed by atoms with E-state index in [-0.39, 0.29) is 17.0 Å². The molecule has 0 aliphatic rings. The number of amides is 1. The van der Waals surface area contributed by atoms with Crippen molar-refractivity contribution in [1.82, 2.24) is 4.90 Å². The predicted molar refractivity (Wildman–Crippen MR) is 66.1 cm³/mol. The molecule has 0 aliphatic heterocycles. The zero-order valence-corrected chi connectivity index (χ0v) is 10.8. The van der Waals surface area contributed by atoms with Crippen LogP contribution in [0.4, 0.5) is 8.78 Å². The van der Waals surface area contributed by atoms with Crippen LogP contribution in [0.15, 0.2) is 17.3 Å². The Bertz CT molecular complexity index is 532. The third-order valence-corrected chi connectivity index (χ3v) is 2.92. The number of hydrogen-bond acceptors (Lipinski definition) is 3. The Morgan fingerprint density at radius 2 is 2.00 bits per heavy atom. The fraction of sp³-hybridized carbons (Fsp3) is 0.333. The molecule has 0 aromatic heterocycles. The number of rotatable bonds is 3. The summed E-state index contributed by atoms with van der Waals surface area (Å²) in [5.41, 5.74) is 5.27. The Morgan fingerprint density at radius 3 is 2.53 bits per heavy atom. The average Bonchev–Trinajstić information content (AvgIpc) is 2.39. The van der Waals surface area contributed by atoms with Crippen molar-refractivity contribution in [2.24, 2.45) is 10.9 Å². The molecule has 19 heavy (non-hydrogen) atoms. The number of amidine groups is 1. The van der Waals surface area contributed by atoms with Gasteiger partial charge in [-0.2, -0.15) is 0 Å². The van der Waals surface area contributed by atoms with Crippen molar-refractivity contribution in [3.05, 3.63) is 34.9 Å². The van der Waals surface area contributed by atoms with Crippen molar-refractivity contribution < 1.29 is 18.8 Å². The molecule has 1 rings (SSSR count). The van der Waals surface area contributed by atoms with Crippen LogP contribution >= 0.6 is 0 Å². The van der Waals surface area contributed by atoms with Gasteiger partial charge in [-0.15, -0.1) is 0 Å². The molecule has 0 spiro atoms. The molecule has 0 fully saturated rings. The van der Waals surface area contributed by atoms with Crippen molar-refractivity contribution in [1.29, 1.82) is 0 Å². The van der Waals surface area contributed by atoms with E-state index < -0.39 is 23.6 Å². The summed E-state index contributed by atoms with van der Waals surface area (Å²) < 4.78 is 26.7. The van der Waals surface area contributed by atoms with Crippen LogP contribution in [-0.2, 0) is 0 Å². The first-order valence-electron chi connectivity index (χ1n) is 5.49. The maximum absolute atomic E-state index is 13.6. The molecular weight excluding hydrogens is 256 g/mol. The molecule has 1 unspecified atom stereocenters. The summed E-state index contributed by atoms with van der Waals surface area (Å²) in [6.07, 6.45) is 0. The highest BCUT2D eigenvalue weighted by Gasteiger charge is 2.23. The summed E-state index contributed by atoms with van der Waals surface area (Å²) in [4.78, 5) is 13.2. The van der Waals surface area contributed by atoms with Crippen molar-refractivity contribution >= 4 is 11.7 Å². The maximum Gasteiger partial charge on any atom is 0.257 e.